The summed E-state index contributed by atoms with van der Waals surface area (Å²) in [5, 5.41) is 12.5. The fourth-order valence-electron chi connectivity index (χ4n) is 7.06. The number of fused-ring (bicyclic) bond motifs is 11. The molecule has 2 heterocycles. The molecule has 5 heteroatoms. The molecular weight excluding hydrogens is 521 g/mol. The zero-order chi connectivity index (χ0) is 28.1. The molecule has 1 spiro atoms. The van der Waals surface area contributed by atoms with Gasteiger partial charge in [0.2, 0.25) is 0 Å². The Hall–Kier alpha value is -3.82. The number of benzene rings is 5. The zero-order valence-corrected chi connectivity index (χ0v) is 24.3. The van der Waals surface area contributed by atoms with Crippen LogP contribution in [-0.2, 0) is 14.7 Å². The molecule has 1 aliphatic carbocycles. The normalized spacial score (nSPS) is 20.8. The molecule has 1 saturated heterocycles. The molecular formula is C36H28BNO2S. The highest BCUT2D eigenvalue weighted by atomic mass is 32.2. The lowest BCUT2D eigenvalue weighted by atomic mass is 9.65. The zero-order valence-electron chi connectivity index (χ0n) is 23.5. The van der Waals surface area contributed by atoms with Crippen molar-refractivity contribution in [2.75, 3.05) is 0 Å². The van der Waals surface area contributed by atoms with Gasteiger partial charge in [0.1, 0.15) is 6.07 Å². The van der Waals surface area contributed by atoms with E-state index in [0.29, 0.717) is 5.56 Å². The molecule has 5 aromatic rings. The van der Waals surface area contributed by atoms with Crippen LogP contribution in [0.1, 0.15) is 55.5 Å². The van der Waals surface area contributed by atoms with E-state index in [0.717, 1.165) is 21.3 Å². The molecule has 0 N–H and O–H groups in total. The van der Waals surface area contributed by atoms with Crippen molar-refractivity contribution in [1.82, 2.24) is 0 Å². The number of hydrogen-bond donors (Lipinski definition) is 0. The third-order valence-electron chi connectivity index (χ3n) is 9.63. The second kappa shape index (κ2) is 8.36. The van der Waals surface area contributed by atoms with Crippen molar-refractivity contribution in [2.45, 2.75) is 54.1 Å². The Morgan fingerprint density at radius 3 is 2.07 bits per heavy atom. The van der Waals surface area contributed by atoms with Crippen LogP contribution in [0, 0.1) is 11.3 Å². The van der Waals surface area contributed by atoms with Gasteiger partial charge in [0, 0.05) is 9.79 Å². The molecule has 0 amide bonds. The minimum absolute atomic E-state index is 0.458. The summed E-state index contributed by atoms with van der Waals surface area (Å²) in [4.78, 5) is 2.21. The van der Waals surface area contributed by atoms with Crippen LogP contribution in [-0.4, -0.2) is 18.3 Å². The van der Waals surface area contributed by atoms with Crippen molar-refractivity contribution in [2.24, 2.45) is 0 Å². The summed E-state index contributed by atoms with van der Waals surface area (Å²) < 4.78 is 13.4. The summed E-state index contributed by atoms with van der Waals surface area (Å²) in [6.45, 7) is 8.42. The maximum absolute atomic E-state index is 10.2. The molecule has 0 saturated carbocycles. The van der Waals surface area contributed by atoms with E-state index in [9.17, 15) is 5.26 Å². The van der Waals surface area contributed by atoms with E-state index in [1.807, 2.05) is 12.1 Å². The maximum Gasteiger partial charge on any atom is 0.495 e. The summed E-state index contributed by atoms with van der Waals surface area (Å²) in [6.07, 6.45) is 0. The summed E-state index contributed by atoms with van der Waals surface area (Å²) in [7, 11) is -0.505. The number of hydrogen-bond acceptors (Lipinski definition) is 4. The lowest BCUT2D eigenvalue weighted by Gasteiger charge is -2.40. The van der Waals surface area contributed by atoms with Crippen LogP contribution in [0.3, 0.4) is 0 Å². The average Bonchev–Trinajstić information content (AvgIpc) is 3.39. The van der Waals surface area contributed by atoms with Gasteiger partial charge in [-0.15, -0.1) is 0 Å². The fraction of sp³-hybridized carbons (Fsp3) is 0.194. The van der Waals surface area contributed by atoms with Crippen molar-refractivity contribution in [1.29, 1.82) is 5.26 Å². The van der Waals surface area contributed by atoms with Crippen LogP contribution in [0.25, 0.3) is 21.9 Å². The predicted molar refractivity (Wildman–Crippen MR) is 166 cm³/mol. The molecule has 3 nitrogen and oxygen atoms in total. The molecule has 2 aliphatic heterocycles. The molecule has 0 bridgehead atoms. The van der Waals surface area contributed by atoms with E-state index < -0.39 is 23.7 Å². The second-order valence-electron chi connectivity index (χ2n) is 12.2. The first-order chi connectivity index (χ1) is 19.8. The van der Waals surface area contributed by atoms with Gasteiger partial charge in [0.05, 0.1) is 22.2 Å². The van der Waals surface area contributed by atoms with Crippen molar-refractivity contribution in [3.8, 4) is 17.2 Å². The standard InChI is InChI=1S/C36H28BNO2S/c1-34(2)35(3,4)40-37(39-34)30-20-29-32(24-14-6-5-13-23(24)30)25-15-7-8-16-26(25)36(29)27-17-9-10-19-31(27)41-33-22(21-38)12-11-18-28(33)36/h5-20H,1-4H3. The second-order valence-corrected chi connectivity index (χ2v) is 13.3. The predicted octanol–water partition coefficient (Wildman–Crippen LogP) is 7.84. The van der Waals surface area contributed by atoms with Crippen LogP contribution in [0.15, 0.2) is 107 Å². The van der Waals surface area contributed by atoms with Gasteiger partial charge in [-0.05, 0) is 89.4 Å². The van der Waals surface area contributed by atoms with E-state index >= 15 is 0 Å². The topological polar surface area (TPSA) is 42.2 Å². The smallest absolute Gasteiger partial charge is 0.399 e. The minimum Gasteiger partial charge on any atom is -0.399 e. The van der Waals surface area contributed by atoms with Crippen LogP contribution in [0.2, 0.25) is 0 Å². The summed E-state index contributed by atoms with van der Waals surface area (Å²) in [5.41, 5.74) is 7.58. The van der Waals surface area contributed by atoms with Gasteiger partial charge in [-0.25, -0.2) is 0 Å². The lowest BCUT2D eigenvalue weighted by molar-refractivity contribution is 0.00578. The molecule has 41 heavy (non-hydrogen) atoms. The van der Waals surface area contributed by atoms with Crippen molar-refractivity contribution >= 4 is 35.1 Å². The van der Waals surface area contributed by atoms with Crippen molar-refractivity contribution < 1.29 is 9.31 Å². The largest absolute Gasteiger partial charge is 0.495 e. The van der Waals surface area contributed by atoms with Crippen molar-refractivity contribution in [3.63, 3.8) is 0 Å². The van der Waals surface area contributed by atoms with E-state index in [1.165, 1.54) is 38.1 Å². The quantitative estimate of drug-likeness (QED) is 0.196. The fourth-order valence-corrected chi connectivity index (χ4v) is 8.31. The molecule has 198 valence electrons. The Bertz CT molecular complexity index is 1960. The monoisotopic (exact) mass is 549 g/mol. The Morgan fingerprint density at radius 2 is 1.32 bits per heavy atom. The Morgan fingerprint density at radius 1 is 0.683 bits per heavy atom. The molecule has 8 rings (SSSR count). The molecule has 1 unspecified atom stereocenters. The van der Waals surface area contributed by atoms with E-state index in [4.69, 9.17) is 9.31 Å². The Balaban J connectivity index is 1.55. The minimum atomic E-state index is -0.585. The summed E-state index contributed by atoms with van der Waals surface area (Å²) in [5.74, 6) is 0. The van der Waals surface area contributed by atoms with E-state index in [1.54, 1.807) is 11.8 Å². The van der Waals surface area contributed by atoms with E-state index in [-0.39, 0.29) is 0 Å². The molecule has 1 fully saturated rings. The number of rotatable bonds is 1. The highest BCUT2D eigenvalue weighted by molar-refractivity contribution is 7.99. The third kappa shape index (κ3) is 3.13. The van der Waals surface area contributed by atoms with Crippen LogP contribution in [0.5, 0.6) is 0 Å². The first-order valence-electron chi connectivity index (χ1n) is 14.1. The van der Waals surface area contributed by atoms with Gasteiger partial charge >= 0.3 is 7.12 Å². The number of nitriles is 1. The number of nitrogens with zero attached hydrogens (tertiary/aromatic N) is 1. The lowest BCUT2D eigenvalue weighted by Crippen LogP contribution is -2.41. The van der Waals surface area contributed by atoms with Gasteiger partial charge in [-0.1, -0.05) is 96.7 Å². The van der Waals surface area contributed by atoms with Gasteiger partial charge in [0.25, 0.3) is 0 Å². The molecule has 0 radical (unpaired) electrons. The molecule has 3 aliphatic rings. The molecule has 1 atom stereocenters. The van der Waals surface area contributed by atoms with E-state index in [2.05, 4.69) is 119 Å². The first-order valence-corrected chi connectivity index (χ1v) is 14.9. The van der Waals surface area contributed by atoms with Gasteiger partial charge in [0.15, 0.2) is 0 Å². The first kappa shape index (κ1) is 24.9. The van der Waals surface area contributed by atoms with Gasteiger partial charge in [-0.2, -0.15) is 5.26 Å². The third-order valence-corrected chi connectivity index (χ3v) is 10.9. The average molecular weight is 550 g/mol. The SMILES string of the molecule is CC1(C)OB(c2cc3c(c4ccccc24)-c2ccccc2C32c3ccccc3Sc3c(C#N)cccc32)OC1(C)C. The summed E-state index contributed by atoms with van der Waals surface area (Å²) >= 11 is 1.70. The Labute approximate surface area is 245 Å². The van der Waals surface area contributed by atoms with Crippen LogP contribution >= 0.6 is 11.8 Å². The van der Waals surface area contributed by atoms with Gasteiger partial charge < -0.3 is 9.31 Å². The van der Waals surface area contributed by atoms with Gasteiger partial charge in [-0.3, -0.25) is 0 Å². The van der Waals surface area contributed by atoms with Crippen LogP contribution < -0.4 is 5.46 Å². The van der Waals surface area contributed by atoms with Crippen LogP contribution in [0.4, 0.5) is 0 Å². The summed E-state index contributed by atoms with van der Waals surface area (Å²) in [6, 6.07) is 37.1. The van der Waals surface area contributed by atoms with Crippen molar-refractivity contribution in [3.05, 3.63) is 125 Å². The maximum atomic E-state index is 10.2. The molecule has 0 aromatic heterocycles. The molecule has 5 aromatic carbocycles. The Kier molecular flexibility index (Phi) is 5.09. The highest BCUT2D eigenvalue weighted by Crippen LogP contribution is 2.63. The highest BCUT2D eigenvalue weighted by Gasteiger charge is 2.55.